The number of para-hydroxylation sites is 1. The SMILES string of the molecule is O=C(c1c[nH]cc1-c1ccccc1)c1c(-c2ccccc2)nn(-c2ccccc2)c1-c1ccccc1. The van der Waals surface area contributed by atoms with E-state index in [2.05, 4.69) is 4.98 Å². The van der Waals surface area contributed by atoms with Gasteiger partial charge in [-0.3, -0.25) is 4.79 Å². The van der Waals surface area contributed by atoms with E-state index in [1.165, 1.54) is 0 Å². The maximum atomic E-state index is 14.5. The van der Waals surface area contributed by atoms with Gasteiger partial charge in [-0.05, 0) is 17.7 Å². The minimum Gasteiger partial charge on any atom is -0.366 e. The van der Waals surface area contributed by atoms with Gasteiger partial charge in [0.1, 0.15) is 5.69 Å². The number of carbonyl (C=O) groups excluding carboxylic acids is 1. The van der Waals surface area contributed by atoms with Crippen LogP contribution in [0.2, 0.25) is 0 Å². The molecule has 0 fully saturated rings. The molecule has 0 aliphatic heterocycles. The lowest BCUT2D eigenvalue weighted by atomic mass is 9.93. The normalized spacial score (nSPS) is 10.9. The summed E-state index contributed by atoms with van der Waals surface area (Å²) in [5.41, 5.74) is 7.18. The molecule has 4 heteroatoms. The minimum absolute atomic E-state index is 0.0741. The molecule has 0 atom stereocenters. The second kappa shape index (κ2) is 9.35. The van der Waals surface area contributed by atoms with Gasteiger partial charge < -0.3 is 4.98 Å². The second-order valence-corrected chi connectivity index (χ2v) is 8.53. The number of carbonyl (C=O) groups is 1. The van der Waals surface area contributed by atoms with Crippen LogP contribution in [-0.4, -0.2) is 20.5 Å². The Morgan fingerprint density at radius 2 is 1.14 bits per heavy atom. The Morgan fingerprint density at radius 1 is 0.611 bits per heavy atom. The van der Waals surface area contributed by atoms with Gasteiger partial charge in [0.15, 0.2) is 5.78 Å². The molecule has 0 aliphatic carbocycles. The fraction of sp³-hybridized carbons (Fsp3) is 0. The van der Waals surface area contributed by atoms with E-state index in [1.54, 1.807) is 6.20 Å². The summed E-state index contributed by atoms with van der Waals surface area (Å²) < 4.78 is 1.89. The molecule has 0 unspecified atom stereocenters. The number of hydrogen-bond acceptors (Lipinski definition) is 2. The summed E-state index contributed by atoms with van der Waals surface area (Å²) in [6.45, 7) is 0. The molecule has 0 saturated heterocycles. The molecule has 1 N–H and O–H groups in total. The summed E-state index contributed by atoms with van der Waals surface area (Å²) in [5.74, 6) is -0.0741. The van der Waals surface area contributed by atoms with Crippen molar-refractivity contribution in [3.63, 3.8) is 0 Å². The van der Waals surface area contributed by atoms with E-state index in [1.807, 2.05) is 132 Å². The van der Waals surface area contributed by atoms with Crippen molar-refractivity contribution < 1.29 is 4.79 Å². The van der Waals surface area contributed by atoms with Gasteiger partial charge in [-0.1, -0.05) is 109 Å². The van der Waals surface area contributed by atoms with Crippen molar-refractivity contribution in [1.82, 2.24) is 14.8 Å². The van der Waals surface area contributed by atoms with Crippen LogP contribution >= 0.6 is 0 Å². The topological polar surface area (TPSA) is 50.7 Å². The quantitative estimate of drug-likeness (QED) is 0.260. The zero-order valence-electron chi connectivity index (χ0n) is 19.5. The van der Waals surface area contributed by atoms with E-state index < -0.39 is 0 Å². The van der Waals surface area contributed by atoms with Gasteiger partial charge in [-0.25, -0.2) is 4.68 Å². The summed E-state index contributed by atoms with van der Waals surface area (Å²) in [4.78, 5) is 17.6. The van der Waals surface area contributed by atoms with Crippen LogP contribution < -0.4 is 0 Å². The summed E-state index contributed by atoms with van der Waals surface area (Å²) in [7, 11) is 0. The summed E-state index contributed by atoms with van der Waals surface area (Å²) in [6.07, 6.45) is 3.67. The van der Waals surface area contributed by atoms with Gasteiger partial charge >= 0.3 is 0 Å². The van der Waals surface area contributed by atoms with Gasteiger partial charge in [-0.15, -0.1) is 0 Å². The van der Waals surface area contributed by atoms with Gasteiger partial charge in [0.25, 0.3) is 0 Å². The Kier molecular flexibility index (Phi) is 5.60. The number of rotatable bonds is 6. The number of nitrogens with zero attached hydrogens (tertiary/aromatic N) is 2. The van der Waals surface area contributed by atoms with Crippen LogP contribution in [0.5, 0.6) is 0 Å². The first-order valence-electron chi connectivity index (χ1n) is 11.9. The third kappa shape index (κ3) is 3.85. The maximum absolute atomic E-state index is 14.5. The number of H-pyrrole nitrogens is 1. The zero-order valence-corrected chi connectivity index (χ0v) is 19.5. The number of benzene rings is 4. The monoisotopic (exact) mass is 465 g/mol. The predicted molar refractivity (Wildman–Crippen MR) is 144 cm³/mol. The molecule has 4 aromatic carbocycles. The van der Waals surface area contributed by atoms with Crippen molar-refractivity contribution in [2.24, 2.45) is 0 Å². The van der Waals surface area contributed by atoms with E-state index in [9.17, 15) is 4.79 Å². The molecule has 0 bridgehead atoms. The second-order valence-electron chi connectivity index (χ2n) is 8.53. The van der Waals surface area contributed by atoms with E-state index in [4.69, 9.17) is 5.10 Å². The van der Waals surface area contributed by atoms with Crippen molar-refractivity contribution in [2.45, 2.75) is 0 Å². The van der Waals surface area contributed by atoms with E-state index in [0.717, 1.165) is 33.6 Å². The molecule has 4 nitrogen and oxygen atoms in total. The Balaban J connectivity index is 1.65. The van der Waals surface area contributed by atoms with Crippen LogP contribution in [-0.2, 0) is 0 Å². The van der Waals surface area contributed by atoms with Crippen molar-refractivity contribution in [3.05, 3.63) is 145 Å². The smallest absolute Gasteiger partial charge is 0.199 e. The van der Waals surface area contributed by atoms with Gasteiger partial charge in [0, 0.05) is 34.6 Å². The molecule has 0 radical (unpaired) electrons. The third-order valence-corrected chi connectivity index (χ3v) is 6.28. The largest absolute Gasteiger partial charge is 0.366 e. The van der Waals surface area contributed by atoms with Crippen molar-refractivity contribution in [2.75, 3.05) is 0 Å². The molecular weight excluding hydrogens is 442 g/mol. The standard InChI is InChI=1S/C32H23N3O/c36-32(28-22-33-21-27(28)23-13-5-1-6-14-23)29-30(24-15-7-2-8-16-24)34-35(26-19-11-4-12-20-26)31(29)25-17-9-3-10-18-25/h1-22,33H. The van der Waals surface area contributed by atoms with Crippen LogP contribution in [0, 0.1) is 0 Å². The summed E-state index contributed by atoms with van der Waals surface area (Å²) in [6, 6.07) is 39.8. The van der Waals surface area contributed by atoms with Crippen LogP contribution in [0.3, 0.4) is 0 Å². The Hall–Kier alpha value is -4.96. The fourth-order valence-electron chi connectivity index (χ4n) is 4.59. The first-order valence-corrected chi connectivity index (χ1v) is 11.9. The predicted octanol–water partition coefficient (Wildman–Crippen LogP) is 7.43. The molecule has 0 amide bonds. The van der Waals surface area contributed by atoms with Crippen LogP contribution in [0.15, 0.2) is 134 Å². The first-order chi connectivity index (χ1) is 17.8. The number of aromatic nitrogens is 3. The van der Waals surface area contributed by atoms with Gasteiger partial charge in [0.2, 0.25) is 0 Å². The molecule has 0 saturated carbocycles. The molecule has 0 aliphatic rings. The van der Waals surface area contributed by atoms with Gasteiger partial charge in [0.05, 0.1) is 16.9 Å². The molecule has 36 heavy (non-hydrogen) atoms. The lowest BCUT2D eigenvalue weighted by Gasteiger charge is -2.11. The Bertz CT molecular complexity index is 1620. The minimum atomic E-state index is -0.0741. The fourth-order valence-corrected chi connectivity index (χ4v) is 4.59. The molecule has 6 rings (SSSR count). The molecule has 2 aromatic heterocycles. The maximum Gasteiger partial charge on any atom is 0.199 e. The van der Waals surface area contributed by atoms with E-state index in [-0.39, 0.29) is 5.78 Å². The highest BCUT2D eigenvalue weighted by molar-refractivity contribution is 6.18. The highest BCUT2D eigenvalue weighted by Crippen LogP contribution is 2.37. The highest BCUT2D eigenvalue weighted by atomic mass is 16.1. The van der Waals surface area contributed by atoms with Crippen LogP contribution in [0.1, 0.15) is 15.9 Å². The van der Waals surface area contributed by atoms with Crippen molar-refractivity contribution >= 4 is 5.78 Å². The third-order valence-electron chi connectivity index (χ3n) is 6.28. The van der Waals surface area contributed by atoms with Crippen molar-refractivity contribution in [3.8, 4) is 39.3 Å². The molecule has 172 valence electrons. The number of ketones is 1. The van der Waals surface area contributed by atoms with E-state index in [0.29, 0.717) is 16.8 Å². The van der Waals surface area contributed by atoms with Crippen molar-refractivity contribution in [1.29, 1.82) is 0 Å². The van der Waals surface area contributed by atoms with Crippen LogP contribution in [0.25, 0.3) is 39.3 Å². The average Bonchev–Trinajstić information content (AvgIpc) is 3.61. The summed E-state index contributed by atoms with van der Waals surface area (Å²) in [5, 5.41) is 5.05. The first kappa shape index (κ1) is 21.6. The Labute approximate surface area is 209 Å². The lowest BCUT2D eigenvalue weighted by molar-refractivity contribution is 0.104. The number of nitrogens with one attached hydrogen (secondary N) is 1. The number of hydrogen-bond donors (Lipinski definition) is 1. The number of aromatic amines is 1. The summed E-state index contributed by atoms with van der Waals surface area (Å²) >= 11 is 0. The molecule has 2 heterocycles. The Morgan fingerprint density at radius 3 is 1.75 bits per heavy atom. The molecule has 6 aromatic rings. The van der Waals surface area contributed by atoms with Crippen LogP contribution in [0.4, 0.5) is 0 Å². The average molecular weight is 466 g/mol. The van der Waals surface area contributed by atoms with E-state index >= 15 is 0 Å². The molecular formula is C32H23N3O. The highest BCUT2D eigenvalue weighted by Gasteiger charge is 2.29. The lowest BCUT2D eigenvalue weighted by Crippen LogP contribution is -2.06. The zero-order chi connectivity index (χ0) is 24.3. The molecule has 0 spiro atoms. The van der Waals surface area contributed by atoms with Gasteiger partial charge in [-0.2, -0.15) is 5.10 Å².